The molecule has 0 unspecified atom stereocenters. The van der Waals surface area contributed by atoms with Crippen molar-refractivity contribution in [2.45, 2.75) is 25.5 Å². The van der Waals surface area contributed by atoms with Crippen LogP contribution in [0.15, 0.2) is 33.9 Å². The summed E-state index contributed by atoms with van der Waals surface area (Å²) in [5, 5.41) is 8.87. The van der Waals surface area contributed by atoms with Gasteiger partial charge in [0.25, 0.3) is 5.56 Å². The van der Waals surface area contributed by atoms with E-state index < -0.39 is 17.7 Å². The molecule has 3 rings (SSSR count). The Balaban J connectivity index is 2.03. The van der Waals surface area contributed by atoms with Gasteiger partial charge in [-0.05, 0) is 24.1 Å². The van der Waals surface area contributed by atoms with Crippen LogP contribution in [0.4, 0.5) is 0 Å². The maximum absolute atomic E-state index is 12.7. The van der Waals surface area contributed by atoms with Crippen molar-refractivity contribution in [3.8, 4) is 5.69 Å². The fraction of sp³-hybridized carbons (Fsp3) is 0.353. The van der Waals surface area contributed by atoms with E-state index in [1.807, 2.05) is 0 Å². The maximum Gasteiger partial charge on any atom is 0.335 e. The van der Waals surface area contributed by atoms with Gasteiger partial charge in [0.2, 0.25) is 0 Å². The van der Waals surface area contributed by atoms with Crippen LogP contribution in [0.3, 0.4) is 0 Å². The molecule has 0 amide bonds. The predicted octanol–water partition coefficient (Wildman–Crippen LogP) is -0.437. The second-order valence-corrected chi connectivity index (χ2v) is 6.03. The molecule has 3 N–H and O–H groups in total. The van der Waals surface area contributed by atoms with E-state index in [0.717, 1.165) is 10.1 Å². The van der Waals surface area contributed by atoms with Crippen molar-refractivity contribution in [3.63, 3.8) is 0 Å². The topological polar surface area (TPSA) is 117 Å². The molecule has 1 aliphatic rings. The van der Waals surface area contributed by atoms with E-state index in [2.05, 4.69) is 0 Å². The van der Waals surface area contributed by atoms with Crippen LogP contribution in [-0.4, -0.2) is 32.9 Å². The number of hydrogen-bond acceptors (Lipinski definition) is 5. The molecule has 0 spiro atoms. The van der Waals surface area contributed by atoms with Crippen molar-refractivity contribution in [2.75, 3.05) is 6.61 Å². The van der Waals surface area contributed by atoms with Crippen LogP contribution in [0.2, 0.25) is 0 Å². The normalized spacial score (nSPS) is 14.8. The standard InChI is InChI=1S/C17H19N3O5/c1-19-14-9-25-7-6-12(14)15(21)20(17(19)24)11-4-2-10(3-5-11)8-13(18)16(22)23/h2-5,13H,6-9,18H2,1H3,(H,22,23)/t13-/m0/s1. The molecule has 0 radical (unpaired) electrons. The van der Waals surface area contributed by atoms with Gasteiger partial charge in [-0.25, -0.2) is 9.36 Å². The molecule has 0 fully saturated rings. The molecule has 25 heavy (non-hydrogen) atoms. The lowest BCUT2D eigenvalue weighted by Crippen LogP contribution is -2.43. The van der Waals surface area contributed by atoms with E-state index in [0.29, 0.717) is 30.0 Å². The van der Waals surface area contributed by atoms with Gasteiger partial charge in [0.05, 0.1) is 24.6 Å². The molecule has 1 aliphatic heterocycles. The van der Waals surface area contributed by atoms with E-state index in [-0.39, 0.29) is 18.6 Å². The van der Waals surface area contributed by atoms with Gasteiger partial charge in [0.1, 0.15) is 6.04 Å². The van der Waals surface area contributed by atoms with Gasteiger partial charge in [0, 0.05) is 19.0 Å². The van der Waals surface area contributed by atoms with Gasteiger partial charge >= 0.3 is 11.7 Å². The molecular formula is C17H19N3O5. The molecule has 0 saturated carbocycles. The van der Waals surface area contributed by atoms with Crippen LogP contribution in [0.5, 0.6) is 0 Å². The van der Waals surface area contributed by atoms with Crippen LogP contribution >= 0.6 is 0 Å². The zero-order chi connectivity index (χ0) is 18.1. The summed E-state index contributed by atoms with van der Waals surface area (Å²) in [5.74, 6) is -1.08. The summed E-state index contributed by atoms with van der Waals surface area (Å²) < 4.78 is 7.90. The van der Waals surface area contributed by atoms with Gasteiger partial charge in [-0.3, -0.25) is 14.2 Å². The monoisotopic (exact) mass is 345 g/mol. The Morgan fingerprint density at radius 2 is 2.00 bits per heavy atom. The number of nitrogens with zero attached hydrogens (tertiary/aromatic N) is 2. The molecule has 0 aliphatic carbocycles. The van der Waals surface area contributed by atoms with Crippen molar-refractivity contribution < 1.29 is 14.6 Å². The summed E-state index contributed by atoms with van der Waals surface area (Å²) in [4.78, 5) is 36.2. The lowest BCUT2D eigenvalue weighted by Gasteiger charge is -2.20. The van der Waals surface area contributed by atoms with Crippen molar-refractivity contribution in [3.05, 3.63) is 61.9 Å². The Hall–Kier alpha value is -2.71. The number of nitrogens with two attached hydrogens (primary N) is 1. The highest BCUT2D eigenvalue weighted by molar-refractivity contribution is 5.73. The first-order chi connectivity index (χ1) is 11.9. The van der Waals surface area contributed by atoms with Crippen LogP contribution in [0, 0.1) is 0 Å². The number of rotatable bonds is 4. The zero-order valence-corrected chi connectivity index (χ0v) is 13.8. The molecule has 0 saturated heterocycles. The quantitative estimate of drug-likeness (QED) is 0.776. The predicted molar refractivity (Wildman–Crippen MR) is 90.0 cm³/mol. The molecule has 2 aromatic rings. The van der Waals surface area contributed by atoms with Crippen molar-refractivity contribution in [1.29, 1.82) is 0 Å². The number of ether oxygens (including phenoxy) is 1. The first kappa shape index (κ1) is 17.1. The Morgan fingerprint density at radius 3 is 2.64 bits per heavy atom. The van der Waals surface area contributed by atoms with Crippen LogP contribution in [0.25, 0.3) is 5.69 Å². The minimum Gasteiger partial charge on any atom is -0.480 e. The van der Waals surface area contributed by atoms with Gasteiger partial charge in [-0.15, -0.1) is 0 Å². The largest absolute Gasteiger partial charge is 0.480 e. The summed E-state index contributed by atoms with van der Waals surface area (Å²) in [7, 11) is 1.62. The number of benzene rings is 1. The third-order valence-corrected chi connectivity index (χ3v) is 4.40. The molecule has 132 valence electrons. The number of hydrogen-bond donors (Lipinski definition) is 2. The summed E-state index contributed by atoms with van der Waals surface area (Å²) in [6, 6.07) is 5.60. The molecule has 0 bridgehead atoms. The minimum atomic E-state index is -1.08. The summed E-state index contributed by atoms with van der Waals surface area (Å²) >= 11 is 0. The summed E-state index contributed by atoms with van der Waals surface area (Å²) in [5.41, 5.74) is 7.10. The van der Waals surface area contributed by atoms with E-state index in [1.165, 1.54) is 4.57 Å². The van der Waals surface area contributed by atoms with Crippen LogP contribution < -0.4 is 17.0 Å². The number of carbonyl (C=O) groups is 1. The molecule has 8 heteroatoms. The molecular weight excluding hydrogens is 326 g/mol. The smallest absolute Gasteiger partial charge is 0.335 e. The Bertz CT molecular complexity index is 927. The lowest BCUT2D eigenvalue weighted by atomic mass is 10.1. The van der Waals surface area contributed by atoms with Crippen molar-refractivity contribution in [1.82, 2.24) is 9.13 Å². The van der Waals surface area contributed by atoms with Gasteiger partial charge in [0.15, 0.2) is 0 Å². The van der Waals surface area contributed by atoms with Crippen molar-refractivity contribution >= 4 is 5.97 Å². The first-order valence-electron chi connectivity index (χ1n) is 7.89. The second-order valence-electron chi connectivity index (χ2n) is 6.03. The SMILES string of the molecule is Cn1c2c(c(=O)n(-c3ccc(C[C@H](N)C(=O)O)cc3)c1=O)CCOC2. The average molecular weight is 345 g/mol. The second kappa shape index (κ2) is 6.66. The molecule has 1 aromatic carbocycles. The average Bonchev–Trinajstić information content (AvgIpc) is 2.61. The van der Waals surface area contributed by atoms with E-state index in [9.17, 15) is 14.4 Å². The molecule has 1 atom stereocenters. The zero-order valence-electron chi connectivity index (χ0n) is 13.8. The fourth-order valence-corrected chi connectivity index (χ4v) is 2.94. The number of carboxylic acid groups (broad SMARTS) is 1. The highest BCUT2D eigenvalue weighted by Crippen LogP contribution is 2.13. The number of carboxylic acids is 1. The van der Waals surface area contributed by atoms with Crippen LogP contribution in [-0.2, 0) is 36.0 Å². The van der Waals surface area contributed by atoms with Crippen molar-refractivity contribution in [2.24, 2.45) is 12.8 Å². The van der Waals surface area contributed by atoms with E-state index >= 15 is 0 Å². The Labute approximate surface area is 143 Å². The summed E-state index contributed by atoms with van der Waals surface area (Å²) in [6.07, 6.45) is 0.637. The number of fused-ring (bicyclic) bond motifs is 1. The van der Waals surface area contributed by atoms with Gasteiger partial charge < -0.3 is 15.6 Å². The van der Waals surface area contributed by atoms with E-state index in [1.54, 1.807) is 31.3 Å². The van der Waals surface area contributed by atoms with Crippen LogP contribution in [0.1, 0.15) is 16.8 Å². The highest BCUT2D eigenvalue weighted by atomic mass is 16.5. The third-order valence-electron chi connectivity index (χ3n) is 4.40. The highest BCUT2D eigenvalue weighted by Gasteiger charge is 2.21. The van der Waals surface area contributed by atoms with Gasteiger partial charge in [-0.1, -0.05) is 12.1 Å². The Kier molecular flexibility index (Phi) is 4.56. The molecule has 8 nitrogen and oxygen atoms in total. The minimum absolute atomic E-state index is 0.171. The number of aliphatic carboxylic acids is 1. The van der Waals surface area contributed by atoms with Gasteiger partial charge in [-0.2, -0.15) is 0 Å². The maximum atomic E-state index is 12.7. The molecule has 1 aromatic heterocycles. The number of aromatic nitrogens is 2. The van der Waals surface area contributed by atoms with E-state index in [4.69, 9.17) is 15.6 Å². The lowest BCUT2D eigenvalue weighted by molar-refractivity contribution is -0.138. The Morgan fingerprint density at radius 1 is 1.32 bits per heavy atom. The first-order valence-corrected chi connectivity index (χ1v) is 7.89. The third kappa shape index (κ3) is 3.13. The fourth-order valence-electron chi connectivity index (χ4n) is 2.94. The summed E-state index contributed by atoms with van der Waals surface area (Å²) in [6.45, 7) is 0.704. The molecule has 2 heterocycles.